The van der Waals surface area contributed by atoms with E-state index in [0.29, 0.717) is 6.42 Å². The van der Waals surface area contributed by atoms with Crippen molar-refractivity contribution in [2.24, 2.45) is 10.8 Å². The molecule has 0 saturated heterocycles. The van der Waals surface area contributed by atoms with Crippen LogP contribution in [0.5, 0.6) is 0 Å². The first-order valence-corrected chi connectivity index (χ1v) is 12.8. The number of hydrogen-bond donors (Lipinski definition) is 2. The number of nitrogens with zero attached hydrogens (tertiary/aromatic N) is 2. The van der Waals surface area contributed by atoms with Gasteiger partial charge in [0.15, 0.2) is 0 Å². The monoisotopic (exact) mass is 688 g/mol. The maximum absolute atomic E-state index is 9.76. The number of aliphatic hydroxyl groups excluding tert-OH is 2. The molecule has 0 aliphatic heterocycles. The maximum atomic E-state index is 9.76. The van der Waals surface area contributed by atoms with Crippen molar-refractivity contribution < 1.29 is 30.3 Å². The number of rotatable bonds is 5. The van der Waals surface area contributed by atoms with Crippen LogP contribution in [-0.2, 0) is 20.1 Å². The van der Waals surface area contributed by atoms with Gasteiger partial charge in [-0.3, -0.25) is 4.98 Å². The molecular weight excluding hydrogens is 649 g/mol. The van der Waals surface area contributed by atoms with Crippen molar-refractivity contribution in [1.29, 1.82) is 0 Å². The number of aromatic nitrogens is 2. The molecule has 2 unspecified atom stereocenters. The fourth-order valence-corrected chi connectivity index (χ4v) is 3.59. The second-order valence-corrected chi connectivity index (χ2v) is 11.5. The fraction of sp³-hybridized carbons (Fsp3) is 0.333. The van der Waals surface area contributed by atoms with Gasteiger partial charge in [-0.25, -0.2) is 0 Å². The van der Waals surface area contributed by atoms with Gasteiger partial charge in [-0.1, -0.05) is 102 Å². The van der Waals surface area contributed by atoms with Crippen LogP contribution in [-0.4, -0.2) is 32.4 Å². The van der Waals surface area contributed by atoms with Gasteiger partial charge in [0, 0.05) is 44.0 Å². The quantitative estimate of drug-likeness (QED) is 0.214. The van der Waals surface area contributed by atoms with Crippen LogP contribution >= 0.6 is 0 Å². The zero-order chi connectivity index (χ0) is 27.1. The molecular formula is C33H39IrN2O2-. The van der Waals surface area contributed by atoms with Crippen LogP contribution in [0.1, 0.15) is 48.0 Å². The molecule has 0 fully saturated rings. The van der Waals surface area contributed by atoms with E-state index in [4.69, 9.17) is 9.97 Å². The van der Waals surface area contributed by atoms with E-state index < -0.39 is 12.2 Å². The molecule has 4 nitrogen and oxygen atoms in total. The van der Waals surface area contributed by atoms with Gasteiger partial charge in [0.25, 0.3) is 0 Å². The Morgan fingerprint density at radius 2 is 1.18 bits per heavy atom. The molecule has 5 heteroatoms. The summed E-state index contributed by atoms with van der Waals surface area (Å²) in [4.78, 5) is 9.61. The largest absolute Gasteiger partial charge is 0.392 e. The summed E-state index contributed by atoms with van der Waals surface area (Å²) in [5.74, 6) is 0. The molecule has 0 bridgehead atoms. The summed E-state index contributed by atoms with van der Waals surface area (Å²) in [7, 11) is 0. The van der Waals surface area contributed by atoms with E-state index in [-0.39, 0.29) is 30.9 Å². The zero-order valence-corrected chi connectivity index (χ0v) is 25.5. The molecule has 2 atom stereocenters. The molecule has 1 radical (unpaired) electrons. The van der Waals surface area contributed by atoms with Gasteiger partial charge >= 0.3 is 0 Å². The zero-order valence-electron chi connectivity index (χ0n) is 23.1. The van der Waals surface area contributed by atoms with Crippen LogP contribution in [0.3, 0.4) is 0 Å². The van der Waals surface area contributed by atoms with Gasteiger partial charge < -0.3 is 15.2 Å². The first-order chi connectivity index (χ1) is 17.5. The van der Waals surface area contributed by atoms with Crippen molar-refractivity contribution >= 4 is 0 Å². The van der Waals surface area contributed by atoms with E-state index in [9.17, 15) is 10.2 Å². The first kappa shape index (κ1) is 31.5. The van der Waals surface area contributed by atoms with Crippen LogP contribution < -0.4 is 0 Å². The molecule has 0 aliphatic rings. The SMILES string of the molecule is CC(C)(C)C(O)CC(O)C(C)(C)C.[Ir].[c-]1ccccc1-c1ncc(-c2ccccc2)nc1-c1ccccc1. The third-order valence-electron chi connectivity index (χ3n) is 6.30. The summed E-state index contributed by atoms with van der Waals surface area (Å²) in [5, 5.41) is 19.5. The molecule has 0 aliphatic carbocycles. The molecule has 0 spiro atoms. The Kier molecular flexibility index (Phi) is 11.5. The first-order valence-electron chi connectivity index (χ1n) is 12.8. The van der Waals surface area contributed by atoms with E-state index in [1.807, 2.05) is 121 Å². The Morgan fingerprint density at radius 3 is 1.66 bits per heavy atom. The standard InChI is InChI=1S/C22H15N2.C11H24O2.Ir/c1-4-10-17(11-5-1)20-16-23-21(18-12-6-2-7-13-18)22(24-20)19-14-8-3-9-15-19;1-10(2,3)8(12)7-9(13)11(4,5)6;/h1-12,14-16H;8-9,12-13H,7H2,1-6H3;/q-1;;. The van der Waals surface area contributed by atoms with Gasteiger partial charge in [0.1, 0.15) is 0 Å². The van der Waals surface area contributed by atoms with E-state index >= 15 is 0 Å². The van der Waals surface area contributed by atoms with Gasteiger partial charge in [0.05, 0.1) is 23.6 Å². The van der Waals surface area contributed by atoms with E-state index in [2.05, 4.69) is 18.2 Å². The van der Waals surface area contributed by atoms with E-state index in [0.717, 1.165) is 33.8 Å². The van der Waals surface area contributed by atoms with Gasteiger partial charge in [0.2, 0.25) is 0 Å². The fourth-order valence-electron chi connectivity index (χ4n) is 3.59. The number of aliphatic hydroxyl groups is 2. The van der Waals surface area contributed by atoms with Crippen molar-refractivity contribution in [3.8, 4) is 33.8 Å². The molecule has 203 valence electrons. The number of hydrogen-bond acceptors (Lipinski definition) is 4. The number of benzene rings is 3. The Balaban J connectivity index is 0.000000313. The Bertz CT molecular complexity index is 1220. The third kappa shape index (κ3) is 8.96. The minimum Gasteiger partial charge on any atom is -0.392 e. The Hall–Kier alpha value is -2.69. The van der Waals surface area contributed by atoms with E-state index in [1.54, 1.807) is 0 Å². The van der Waals surface area contributed by atoms with Crippen molar-refractivity contribution in [1.82, 2.24) is 9.97 Å². The molecule has 4 rings (SSSR count). The second kappa shape index (κ2) is 13.9. The molecule has 1 aromatic heterocycles. The van der Waals surface area contributed by atoms with Crippen molar-refractivity contribution in [2.75, 3.05) is 0 Å². The average molecular weight is 688 g/mol. The Morgan fingerprint density at radius 1 is 0.684 bits per heavy atom. The van der Waals surface area contributed by atoms with Crippen LogP contribution in [0.4, 0.5) is 0 Å². The molecule has 38 heavy (non-hydrogen) atoms. The van der Waals surface area contributed by atoms with Crippen molar-refractivity contribution in [3.63, 3.8) is 0 Å². The van der Waals surface area contributed by atoms with Crippen molar-refractivity contribution in [3.05, 3.63) is 97.2 Å². The summed E-state index contributed by atoms with van der Waals surface area (Å²) in [6.45, 7) is 11.9. The average Bonchev–Trinajstić information content (AvgIpc) is 2.89. The molecule has 3 aromatic carbocycles. The second-order valence-electron chi connectivity index (χ2n) is 11.5. The molecule has 0 saturated carbocycles. The topological polar surface area (TPSA) is 66.2 Å². The van der Waals surface area contributed by atoms with Crippen molar-refractivity contribution in [2.45, 2.75) is 60.2 Å². The predicted molar refractivity (Wildman–Crippen MR) is 153 cm³/mol. The molecule has 2 N–H and O–H groups in total. The third-order valence-corrected chi connectivity index (χ3v) is 6.30. The summed E-state index contributed by atoms with van der Waals surface area (Å²) in [5.41, 5.74) is 5.36. The maximum Gasteiger partial charge on any atom is 0.0873 e. The van der Waals surface area contributed by atoms with Crippen LogP contribution in [0.25, 0.3) is 33.8 Å². The summed E-state index contributed by atoms with van der Waals surface area (Å²) in [6.07, 6.45) is 1.40. The van der Waals surface area contributed by atoms with E-state index in [1.165, 1.54) is 0 Å². The van der Waals surface area contributed by atoms with Crippen LogP contribution in [0.15, 0.2) is 91.1 Å². The minimum absolute atomic E-state index is 0. The smallest absolute Gasteiger partial charge is 0.0873 e. The minimum atomic E-state index is -0.443. The normalized spacial score (nSPS) is 12.9. The Labute approximate surface area is 241 Å². The molecule has 0 amide bonds. The summed E-state index contributed by atoms with van der Waals surface area (Å²) < 4.78 is 0. The summed E-state index contributed by atoms with van der Waals surface area (Å²) >= 11 is 0. The predicted octanol–water partition coefficient (Wildman–Crippen LogP) is 7.47. The van der Waals surface area contributed by atoms with Gasteiger partial charge in [-0.05, 0) is 16.4 Å². The van der Waals surface area contributed by atoms with Gasteiger partial charge in [-0.2, -0.15) is 0 Å². The van der Waals surface area contributed by atoms with Crippen LogP contribution in [0, 0.1) is 16.9 Å². The molecule has 4 aromatic rings. The molecule has 1 heterocycles. The van der Waals surface area contributed by atoms with Crippen LogP contribution in [0.2, 0.25) is 0 Å². The summed E-state index contributed by atoms with van der Waals surface area (Å²) in [6, 6.07) is 31.4. The van der Waals surface area contributed by atoms with Gasteiger partial charge in [-0.15, -0.1) is 35.9 Å².